The molecule has 2 atom stereocenters. The Hall–Kier alpha value is -4.00. The van der Waals surface area contributed by atoms with Gasteiger partial charge in [-0.25, -0.2) is 9.59 Å². The Bertz CT molecular complexity index is 1420. The molecule has 7 heteroatoms. The number of phenols is 1. The molecule has 38 heavy (non-hydrogen) atoms. The van der Waals surface area contributed by atoms with E-state index >= 15 is 0 Å². The molecule has 3 aromatic rings. The molecule has 2 aliphatic rings. The van der Waals surface area contributed by atoms with E-state index in [0.717, 1.165) is 54.4 Å². The van der Waals surface area contributed by atoms with E-state index in [0.29, 0.717) is 12.2 Å². The van der Waals surface area contributed by atoms with Gasteiger partial charge in [-0.2, -0.15) is 0 Å². The van der Waals surface area contributed by atoms with Crippen molar-refractivity contribution < 1.29 is 24.2 Å². The highest BCUT2D eigenvalue weighted by atomic mass is 16.5. The Morgan fingerprint density at radius 1 is 1.08 bits per heavy atom. The smallest absolute Gasteiger partial charge is 0.354 e. The molecule has 0 unspecified atom stereocenters. The largest absolute Gasteiger partial charge is 0.508 e. The third-order valence-corrected chi connectivity index (χ3v) is 8.17. The molecular formula is C31H34N2O5. The van der Waals surface area contributed by atoms with Crippen molar-refractivity contribution in [1.29, 1.82) is 0 Å². The van der Waals surface area contributed by atoms with E-state index in [2.05, 4.69) is 34.6 Å². The predicted octanol–water partition coefficient (Wildman–Crippen LogP) is 5.23. The van der Waals surface area contributed by atoms with Crippen LogP contribution in [0.4, 0.5) is 0 Å². The molecule has 2 bridgehead atoms. The second-order valence-electron chi connectivity index (χ2n) is 10.1. The van der Waals surface area contributed by atoms with Crippen LogP contribution in [0, 0.1) is 5.41 Å². The minimum atomic E-state index is -0.374. The van der Waals surface area contributed by atoms with Crippen molar-refractivity contribution in [3.63, 3.8) is 0 Å². The third kappa shape index (κ3) is 4.36. The number of ether oxygens (including phenoxy) is 2. The van der Waals surface area contributed by atoms with Crippen molar-refractivity contribution in [3.8, 4) is 5.75 Å². The lowest BCUT2D eigenvalue weighted by molar-refractivity contribution is -0.135. The fourth-order valence-electron chi connectivity index (χ4n) is 6.32. The number of rotatable bonds is 5. The summed E-state index contributed by atoms with van der Waals surface area (Å²) in [4.78, 5) is 27.3. The van der Waals surface area contributed by atoms with Crippen LogP contribution in [0.2, 0.25) is 0 Å². The molecule has 5 rings (SSSR count). The van der Waals surface area contributed by atoms with E-state index in [9.17, 15) is 14.7 Å². The number of methoxy groups -OCH3 is 2. The van der Waals surface area contributed by atoms with Crippen LogP contribution in [-0.4, -0.2) is 53.8 Å². The molecule has 0 amide bonds. The topological polar surface area (TPSA) is 81.0 Å². The average Bonchev–Trinajstić information content (AvgIpc) is 3.27. The molecule has 0 fully saturated rings. The van der Waals surface area contributed by atoms with E-state index in [1.165, 1.54) is 25.9 Å². The standard InChI is InChI=1S/C31H34N2O5/c1-4-31-16-7-17-32(19-15-27(35)37-2)18-14-24-23-8-5-6-9-25(23)33(26(20-31)30(36)38-3)29(24)28(31)21-10-12-22(34)13-11-21/h5-6,8-13,15,19-20,28,34H,4,7,14,16-18H2,1-3H3/b19-15+/t28-,31-/m0/s1. The summed E-state index contributed by atoms with van der Waals surface area (Å²) in [5, 5.41) is 11.2. The molecule has 0 spiro atoms. The Kier molecular flexibility index (Phi) is 7.02. The molecule has 198 valence electrons. The summed E-state index contributed by atoms with van der Waals surface area (Å²) >= 11 is 0. The molecule has 0 aliphatic carbocycles. The van der Waals surface area contributed by atoms with Crippen molar-refractivity contribution >= 4 is 28.5 Å². The van der Waals surface area contributed by atoms with Crippen LogP contribution >= 0.6 is 0 Å². The van der Waals surface area contributed by atoms with Gasteiger partial charge in [-0.3, -0.25) is 0 Å². The van der Waals surface area contributed by atoms with E-state index < -0.39 is 0 Å². The van der Waals surface area contributed by atoms with Gasteiger partial charge >= 0.3 is 11.9 Å². The number of nitrogens with zero attached hydrogens (tertiary/aromatic N) is 2. The summed E-state index contributed by atoms with van der Waals surface area (Å²) in [5.41, 5.74) is 4.57. The zero-order valence-corrected chi connectivity index (χ0v) is 22.1. The first kappa shape index (κ1) is 25.6. The number of hydrogen-bond acceptors (Lipinski definition) is 6. The number of carbonyl (C=O) groups is 2. The molecule has 2 aliphatic heterocycles. The Balaban J connectivity index is 1.78. The van der Waals surface area contributed by atoms with E-state index in [-0.39, 0.29) is 29.0 Å². The van der Waals surface area contributed by atoms with E-state index in [1.807, 2.05) is 30.5 Å². The molecule has 0 saturated carbocycles. The molecule has 3 heterocycles. The number of esters is 2. The summed E-state index contributed by atoms with van der Waals surface area (Å²) in [6, 6.07) is 15.7. The highest BCUT2D eigenvalue weighted by molar-refractivity contribution is 6.13. The Morgan fingerprint density at radius 2 is 1.84 bits per heavy atom. The third-order valence-electron chi connectivity index (χ3n) is 8.17. The summed E-state index contributed by atoms with van der Waals surface area (Å²) < 4.78 is 12.2. The lowest BCUT2D eigenvalue weighted by Crippen LogP contribution is -2.37. The number of fused-ring (bicyclic) bond motifs is 4. The maximum atomic E-state index is 13.3. The molecule has 1 aromatic heterocycles. The Labute approximate surface area is 223 Å². The first-order valence-corrected chi connectivity index (χ1v) is 13.1. The molecule has 2 aromatic carbocycles. The van der Waals surface area contributed by atoms with Crippen molar-refractivity contribution in [2.24, 2.45) is 5.41 Å². The van der Waals surface area contributed by atoms with Gasteiger partial charge in [0.15, 0.2) is 0 Å². The minimum Gasteiger partial charge on any atom is -0.508 e. The zero-order valence-electron chi connectivity index (χ0n) is 22.1. The summed E-state index contributed by atoms with van der Waals surface area (Å²) in [6.45, 7) is 3.66. The average molecular weight is 515 g/mol. The molecular weight excluding hydrogens is 480 g/mol. The van der Waals surface area contributed by atoms with Crippen LogP contribution in [0.5, 0.6) is 5.75 Å². The fraction of sp³-hybridized carbons (Fsp3) is 0.355. The molecule has 0 radical (unpaired) electrons. The number of benzene rings is 2. The quantitative estimate of drug-likeness (QED) is 0.371. The van der Waals surface area contributed by atoms with Gasteiger partial charge in [0.25, 0.3) is 0 Å². The van der Waals surface area contributed by atoms with Gasteiger partial charge in [0, 0.05) is 47.8 Å². The van der Waals surface area contributed by atoms with Gasteiger partial charge in [0.1, 0.15) is 11.4 Å². The minimum absolute atomic E-state index is 0.0129. The maximum Gasteiger partial charge on any atom is 0.354 e. The number of para-hydroxylation sites is 1. The van der Waals surface area contributed by atoms with Gasteiger partial charge in [-0.1, -0.05) is 37.3 Å². The molecule has 7 nitrogen and oxygen atoms in total. The van der Waals surface area contributed by atoms with E-state index in [1.54, 1.807) is 12.1 Å². The highest BCUT2D eigenvalue weighted by Gasteiger charge is 2.46. The lowest BCUT2D eigenvalue weighted by atomic mass is 9.63. The number of aromatic nitrogens is 1. The van der Waals surface area contributed by atoms with Crippen molar-refractivity contribution in [2.75, 3.05) is 27.3 Å². The van der Waals surface area contributed by atoms with Gasteiger partial charge < -0.3 is 24.0 Å². The van der Waals surface area contributed by atoms with Crippen LogP contribution in [0.3, 0.4) is 0 Å². The normalized spacial score (nSPS) is 21.3. The van der Waals surface area contributed by atoms with Crippen LogP contribution < -0.4 is 0 Å². The van der Waals surface area contributed by atoms with E-state index in [4.69, 9.17) is 9.47 Å². The van der Waals surface area contributed by atoms with Crippen LogP contribution in [0.25, 0.3) is 16.6 Å². The van der Waals surface area contributed by atoms with Gasteiger partial charge in [0.2, 0.25) is 0 Å². The van der Waals surface area contributed by atoms with Gasteiger partial charge in [-0.05, 0) is 61.1 Å². The van der Waals surface area contributed by atoms with Crippen molar-refractivity contribution in [3.05, 3.63) is 83.7 Å². The first-order chi connectivity index (χ1) is 18.4. The molecule has 1 N–H and O–H groups in total. The van der Waals surface area contributed by atoms with Crippen LogP contribution in [-0.2, 0) is 25.5 Å². The first-order valence-electron chi connectivity index (χ1n) is 13.1. The molecule has 0 saturated heterocycles. The summed E-state index contributed by atoms with van der Waals surface area (Å²) in [7, 11) is 2.82. The second-order valence-corrected chi connectivity index (χ2v) is 10.1. The van der Waals surface area contributed by atoms with Gasteiger partial charge in [0.05, 0.1) is 19.7 Å². The number of allylic oxidation sites excluding steroid dienone is 1. The van der Waals surface area contributed by atoms with Gasteiger partial charge in [-0.15, -0.1) is 0 Å². The monoisotopic (exact) mass is 514 g/mol. The zero-order chi connectivity index (χ0) is 26.9. The number of carbonyl (C=O) groups excluding carboxylic acids is 2. The summed E-state index contributed by atoms with van der Waals surface area (Å²) in [5.74, 6) is -0.505. The number of aromatic hydroxyl groups is 1. The Morgan fingerprint density at radius 3 is 2.55 bits per heavy atom. The summed E-state index contributed by atoms with van der Waals surface area (Å²) in [6.07, 6.45) is 8.70. The lowest BCUT2D eigenvalue weighted by Gasteiger charge is -2.44. The number of phenolic OH excluding ortho intramolecular Hbond substituents is 1. The van der Waals surface area contributed by atoms with Crippen LogP contribution in [0.1, 0.15) is 48.9 Å². The maximum absolute atomic E-state index is 13.3. The fourth-order valence-corrected chi connectivity index (χ4v) is 6.32. The van der Waals surface area contributed by atoms with Crippen molar-refractivity contribution in [1.82, 2.24) is 9.47 Å². The SMILES string of the molecule is CC[C@@]12C=C(C(=O)OC)n3c(c(c4ccccc43)CCN(/C=C/C(=O)OC)CCC1)[C@@H]2c1ccc(O)cc1. The van der Waals surface area contributed by atoms with Crippen LogP contribution in [0.15, 0.2) is 66.9 Å². The highest BCUT2D eigenvalue weighted by Crippen LogP contribution is 2.55. The second kappa shape index (κ2) is 10.4. The number of hydrogen-bond donors (Lipinski definition) is 1. The predicted molar refractivity (Wildman–Crippen MR) is 147 cm³/mol. The van der Waals surface area contributed by atoms with Crippen molar-refractivity contribution in [2.45, 2.75) is 38.5 Å².